The molecule has 0 unspecified atom stereocenters. The molecule has 2 aromatic rings. The van der Waals surface area contributed by atoms with E-state index in [4.69, 9.17) is 9.88 Å². The van der Waals surface area contributed by atoms with Gasteiger partial charge in [-0.1, -0.05) is 0 Å². The predicted molar refractivity (Wildman–Crippen MR) is 75.4 cm³/mol. The van der Waals surface area contributed by atoms with E-state index in [9.17, 15) is 8.42 Å². The van der Waals surface area contributed by atoms with Crippen LogP contribution in [0, 0.1) is 0 Å². The van der Waals surface area contributed by atoms with Gasteiger partial charge in [0, 0.05) is 47.6 Å². The fourth-order valence-electron chi connectivity index (χ4n) is 1.43. The Kier molecular flexibility index (Phi) is 5.90. The molecule has 0 spiro atoms. The molecule has 2 rings (SSSR count). The van der Waals surface area contributed by atoms with E-state index in [1.54, 1.807) is 12.1 Å². The second kappa shape index (κ2) is 7.00. The van der Waals surface area contributed by atoms with Crippen molar-refractivity contribution in [3.63, 3.8) is 0 Å². The van der Waals surface area contributed by atoms with E-state index in [1.807, 2.05) is 0 Å². The number of rotatable bonds is 4. The number of hydrogen-bond donors (Lipinski definition) is 2. The molecule has 20 heavy (non-hydrogen) atoms. The average molecular weight is 303 g/mol. The molecule has 0 amide bonds. The van der Waals surface area contributed by atoms with Gasteiger partial charge >= 0.3 is 0 Å². The van der Waals surface area contributed by atoms with Gasteiger partial charge in [0.1, 0.15) is 0 Å². The van der Waals surface area contributed by atoms with Crippen LogP contribution in [0.3, 0.4) is 0 Å². The molecule has 1 heterocycles. The van der Waals surface area contributed by atoms with E-state index in [-0.39, 0.29) is 34.5 Å². The van der Waals surface area contributed by atoms with Gasteiger partial charge in [-0.05, 0) is 24.3 Å². The van der Waals surface area contributed by atoms with Crippen molar-refractivity contribution >= 4 is 51.1 Å². The van der Waals surface area contributed by atoms with Crippen molar-refractivity contribution in [2.24, 2.45) is 5.14 Å². The fraction of sp³-hybridized carbons (Fsp3) is 0.0909. The maximum atomic E-state index is 11.1. The van der Waals surface area contributed by atoms with Crippen LogP contribution in [0.5, 0.6) is 5.88 Å². The largest absolute Gasteiger partial charge is 0.478 e. The van der Waals surface area contributed by atoms with Gasteiger partial charge in [0.05, 0.1) is 12.0 Å². The molecule has 0 aliphatic rings. The van der Waals surface area contributed by atoms with Crippen LogP contribution < -0.4 is 15.2 Å². The van der Waals surface area contributed by atoms with E-state index in [0.29, 0.717) is 17.4 Å². The molecular formula is C11H12N4NaO3S. The first-order chi connectivity index (χ1) is 9.00. The van der Waals surface area contributed by atoms with Gasteiger partial charge < -0.3 is 10.1 Å². The minimum atomic E-state index is -3.69. The number of methoxy groups -OCH3 is 1. The molecule has 0 saturated heterocycles. The van der Waals surface area contributed by atoms with Crippen LogP contribution in [0.4, 0.5) is 11.5 Å². The van der Waals surface area contributed by atoms with Crippen LogP contribution >= 0.6 is 0 Å². The third-order valence-corrected chi connectivity index (χ3v) is 3.23. The van der Waals surface area contributed by atoms with Gasteiger partial charge in [-0.2, -0.15) is 0 Å². The first kappa shape index (κ1) is 16.9. The van der Waals surface area contributed by atoms with Gasteiger partial charge in [-0.25, -0.2) is 23.5 Å². The van der Waals surface area contributed by atoms with Gasteiger partial charge in [-0.3, -0.25) is 0 Å². The molecule has 0 bridgehead atoms. The maximum Gasteiger partial charge on any atom is 0.257 e. The van der Waals surface area contributed by atoms with Gasteiger partial charge in [0.2, 0.25) is 10.0 Å². The Morgan fingerprint density at radius 1 is 1.15 bits per heavy atom. The number of aromatic nitrogens is 2. The number of sulfonamides is 1. The zero-order chi connectivity index (χ0) is 13.9. The predicted octanol–water partition coefficient (Wildman–Crippen LogP) is 0.495. The van der Waals surface area contributed by atoms with E-state index in [2.05, 4.69) is 15.3 Å². The molecule has 3 N–H and O–H groups in total. The van der Waals surface area contributed by atoms with Crippen molar-refractivity contribution in [1.82, 2.24) is 9.97 Å². The first-order valence-electron chi connectivity index (χ1n) is 5.25. The summed E-state index contributed by atoms with van der Waals surface area (Å²) in [4.78, 5) is 8.11. The summed E-state index contributed by atoms with van der Waals surface area (Å²) in [7, 11) is -2.20. The van der Waals surface area contributed by atoms with Crippen molar-refractivity contribution in [2.75, 3.05) is 12.4 Å². The number of nitrogens with two attached hydrogens (primary N) is 1. The van der Waals surface area contributed by atoms with Crippen LogP contribution in [-0.2, 0) is 10.0 Å². The molecule has 0 aliphatic heterocycles. The second-order valence-corrected chi connectivity index (χ2v) is 5.17. The summed E-state index contributed by atoms with van der Waals surface area (Å²) in [6.45, 7) is 0. The number of hydrogen-bond acceptors (Lipinski definition) is 6. The summed E-state index contributed by atoms with van der Waals surface area (Å²) < 4.78 is 27.3. The summed E-state index contributed by atoms with van der Waals surface area (Å²) in [6, 6.07) is 5.96. The molecule has 1 radical (unpaired) electrons. The Labute approximate surface area is 138 Å². The first-order valence-corrected chi connectivity index (χ1v) is 6.80. The zero-order valence-electron chi connectivity index (χ0n) is 11.1. The maximum absolute atomic E-state index is 11.1. The molecule has 0 atom stereocenters. The van der Waals surface area contributed by atoms with Gasteiger partial charge in [0.15, 0.2) is 5.82 Å². The van der Waals surface area contributed by atoms with Crippen LogP contribution in [0.25, 0.3) is 0 Å². The summed E-state index contributed by atoms with van der Waals surface area (Å²) >= 11 is 0. The molecule has 1 aromatic heterocycles. The van der Waals surface area contributed by atoms with E-state index < -0.39 is 10.0 Å². The molecular weight excluding hydrogens is 291 g/mol. The van der Waals surface area contributed by atoms with Crippen LogP contribution in [0.15, 0.2) is 41.6 Å². The zero-order valence-corrected chi connectivity index (χ0v) is 13.9. The number of benzene rings is 1. The number of nitrogens with one attached hydrogen (secondary N) is 1. The van der Waals surface area contributed by atoms with Crippen LogP contribution in [-0.4, -0.2) is 55.1 Å². The van der Waals surface area contributed by atoms with Crippen molar-refractivity contribution in [3.8, 4) is 5.88 Å². The summed E-state index contributed by atoms with van der Waals surface area (Å²) in [5.41, 5.74) is 0.645. The average Bonchev–Trinajstić information content (AvgIpc) is 2.39. The quantitative estimate of drug-likeness (QED) is 0.796. The molecule has 0 fully saturated rings. The molecule has 1 aromatic carbocycles. The molecule has 0 aliphatic carbocycles. The summed E-state index contributed by atoms with van der Waals surface area (Å²) in [5, 5.41) is 7.98. The van der Waals surface area contributed by atoms with Crippen molar-refractivity contribution < 1.29 is 13.2 Å². The second-order valence-electron chi connectivity index (χ2n) is 3.61. The SMILES string of the molecule is COc1nccnc1Nc1ccc(S(N)(=O)=O)cc1.[Na]. The number of primary sulfonamides is 1. The summed E-state index contributed by atoms with van der Waals surface area (Å²) in [6.07, 6.45) is 3.03. The molecule has 9 heteroatoms. The topological polar surface area (TPSA) is 107 Å². The van der Waals surface area contributed by atoms with Gasteiger partial charge in [-0.15, -0.1) is 0 Å². The van der Waals surface area contributed by atoms with E-state index in [1.165, 1.54) is 31.6 Å². The third-order valence-electron chi connectivity index (χ3n) is 2.30. The Morgan fingerprint density at radius 3 is 2.30 bits per heavy atom. The van der Waals surface area contributed by atoms with Crippen molar-refractivity contribution in [3.05, 3.63) is 36.7 Å². The monoisotopic (exact) mass is 303 g/mol. The standard InChI is InChI=1S/C11H12N4O3S.Na/c1-18-11-10(13-6-7-14-11)15-8-2-4-9(5-3-8)19(12,16)17;/h2-7H,1H3,(H,13,15)(H2,12,16,17);. The smallest absolute Gasteiger partial charge is 0.257 e. The Balaban J connectivity index is 0.00000200. The fourth-order valence-corrected chi connectivity index (χ4v) is 1.94. The normalized spacial score (nSPS) is 10.5. The van der Waals surface area contributed by atoms with Crippen molar-refractivity contribution in [1.29, 1.82) is 0 Å². The number of nitrogens with zero attached hydrogens (tertiary/aromatic N) is 2. The number of anilines is 2. The Hall–Kier alpha value is -1.19. The molecule has 101 valence electrons. The molecule has 7 nitrogen and oxygen atoms in total. The third kappa shape index (κ3) is 4.15. The van der Waals surface area contributed by atoms with Crippen molar-refractivity contribution in [2.45, 2.75) is 4.90 Å². The summed E-state index contributed by atoms with van der Waals surface area (Å²) in [5.74, 6) is 0.784. The van der Waals surface area contributed by atoms with Crippen LogP contribution in [0.2, 0.25) is 0 Å². The van der Waals surface area contributed by atoms with Gasteiger partial charge in [0.25, 0.3) is 5.88 Å². The van der Waals surface area contributed by atoms with Crippen LogP contribution in [0.1, 0.15) is 0 Å². The molecule has 0 saturated carbocycles. The minimum Gasteiger partial charge on any atom is -0.478 e. The number of ether oxygens (including phenoxy) is 1. The minimum absolute atomic E-state index is 0. The Morgan fingerprint density at radius 2 is 1.75 bits per heavy atom. The van der Waals surface area contributed by atoms with E-state index >= 15 is 0 Å². The van der Waals surface area contributed by atoms with E-state index in [0.717, 1.165) is 0 Å². The Bertz CT molecular complexity index is 676.